The lowest BCUT2D eigenvalue weighted by molar-refractivity contribution is -0.379. The smallest absolute Gasteiger partial charge is 0.220 e. The van der Waals surface area contributed by atoms with E-state index in [0.29, 0.717) is 12.8 Å². The highest BCUT2D eigenvalue weighted by atomic mass is 16.8. The summed E-state index contributed by atoms with van der Waals surface area (Å²) in [7, 11) is 0. The fourth-order valence-corrected chi connectivity index (χ4v) is 9.69. The van der Waals surface area contributed by atoms with Crippen molar-refractivity contribution >= 4 is 5.91 Å². The van der Waals surface area contributed by atoms with E-state index in [2.05, 4.69) is 116 Å². The van der Waals surface area contributed by atoms with Gasteiger partial charge in [-0.2, -0.15) is 0 Å². The first-order chi connectivity index (χ1) is 40.8. The number of hydrogen-bond donors (Lipinski definition) is 12. The van der Waals surface area contributed by atoms with Crippen LogP contribution in [0, 0.1) is 0 Å². The molecule has 3 saturated heterocycles. The van der Waals surface area contributed by atoms with E-state index in [1.807, 2.05) is 6.08 Å². The van der Waals surface area contributed by atoms with Gasteiger partial charge >= 0.3 is 0 Å². The van der Waals surface area contributed by atoms with E-state index < -0.39 is 131 Å². The monoisotopic (exact) mass is 1190 g/mol. The predicted octanol–water partition coefficient (Wildman–Crippen LogP) is 6.31. The largest absolute Gasteiger partial charge is 0.394 e. The summed E-state index contributed by atoms with van der Waals surface area (Å²) in [5.74, 6) is -0.337. The minimum Gasteiger partial charge on any atom is -0.394 e. The maximum Gasteiger partial charge on any atom is 0.220 e. The molecule has 17 unspecified atom stereocenters. The first-order valence-electron chi connectivity index (χ1n) is 31.1. The maximum absolute atomic E-state index is 13.3. The van der Waals surface area contributed by atoms with Crippen LogP contribution in [0.1, 0.15) is 162 Å². The number of carbonyl (C=O) groups excluding carboxylic acids is 1. The van der Waals surface area contributed by atoms with E-state index in [1.165, 1.54) is 51.4 Å². The molecule has 0 aromatic rings. The number of ether oxygens (including phenoxy) is 6. The minimum absolute atomic E-state index is 0.170. The topological polar surface area (TPSA) is 307 Å². The van der Waals surface area contributed by atoms with Gasteiger partial charge in [0.05, 0.1) is 38.6 Å². The Bertz CT molecular complexity index is 1950. The summed E-state index contributed by atoms with van der Waals surface area (Å²) in [6, 6.07) is -1.03. The van der Waals surface area contributed by atoms with Gasteiger partial charge in [0.15, 0.2) is 18.9 Å². The Balaban J connectivity index is 1.53. The van der Waals surface area contributed by atoms with Crippen molar-refractivity contribution in [2.45, 2.75) is 266 Å². The van der Waals surface area contributed by atoms with Gasteiger partial charge in [-0.25, -0.2) is 0 Å². The van der Waals surface area contributed by atoms with Gasteiger partial charge in [-0.1, -0.05) is 168 Å². The number of hydrogen-bond acceptors (Lipinski definition) is 18. The van der Waals surface area contributed by atoms with Crippen LogP contribution in [-0.2, 0) is 33.2 Å². The lowest BCUT2D eigenvalue weighted by Crippen LogP contribution is -2.66. The van der Waals surface area contributed by atoms with E-state index in [0.717, 1.165) is 77.0 Å². The highest BCUT2D eigenvalue weighted by Crippen LogP contribution is 2.33. The van der Waals surface area contributed by atoms with Gasteiger partial charge in [-0.05, 0) is 96.3 Å². The number of amides is 1. The van der Waals surface area contributed by atoms with Crippen LogP contribution in [0.5, 0.6) is 0 Å². The number of allylic oxidation sites excluding steroid dienone is 17. The molecule has 19 nitrogen and oxygen atoms in total. The Hall–Kier alpha value is -3.55. The van der Waals surface area contributed by atoms with Crippen LogP contribution in [0.15, 0.2) is 109 Å². The van der Waals surface area contributed by atoms with Crippen LogP contribution in [0.3, 0.4) is 0 Å². The SMILES string of the molecule is CC/C=C\C/C=C\C/C=C\C/C=C\C/C=C\C/C=C\CCCCC(=O)NC(COC1OC(CO)C(OC2OC(CO)C(OC3OC(CO)C(O)C(O)C3O)C(O)C2O)C(O)C1O)C(O)/C=C/CC/C=C/CC/C=C/CCCCCCCCCC. The number of rotatable bonds is 44. The second-order valence-corrected chi connectivity index (χ2v) is 21.8. The zero-order valence-electron chi connectivity index (χ0n) is 50.1. The molecular formula is C65H107NO18. The third kappa shape index (κ3) is 29.4. The van der Waals surface area contributed by atoms with E-state index in [1.54, 1.807) is 6.08 Å². The molecule has 0 aliphatic carbocycles. The molecule has 480 valence electrons. The minimum atomic E-state index is -1.99. The lowest BCUT2D eigenvalue weighted by Gasteiger charge is -2.48. The summed E-state index contributed by atoms with van der Waals surface area (Å²) in [4.78, 5) is 13.3. The van der Waals surface area contributed by atoms with Gasteiger partial charge in [0, 0.05) is 6.42 Å². The van der Waals surface area contributed by atoms with E-state index in [9.17, 15) is 61.0 Å². The molecule has 0 saturated carbocycles. The summed E-state index contributed by atoms with van der Waals surface area (Å²) in [6.07, 6.45) is 33.5. The molecule has 3 aliphatic heterocycles. The van der Waals surface area contributed by atoms with Gasteiger partial charge in [0.2, 0.25) is 5.91 Å². The van der Waals surface area contributed by atoms with Crippen LogP contribution in [-0.4, -0.2) is 193 Å². The second-order valence-electron chi connectivity index (χ2n) is 21.8. The molecule has 19 heteroatoms. The molecule has 12 N–H and O–H groups in total. The quantitative estimate of drug-likeness (QED) is 0.0235. The first-order valence-corrected chi connectivity index (χ1v) is 31.1. The number of carbonyl (C=O) groups is 1. The Morgan fingerprint density at radius 3 is 1.33 bits per heavy atom. The Morgan fingerprint density at radius 1 is 0.440 bits per heavy atom. The fourth-order valence-electron chi connectivity index (χ4n) is 9.69. The van der Waals surface area contributed by atoms with Crippen molar-refractivity contribution in [3.8, 4) is 0 Å². The first kappa shape index (κ1) is 74.7. The average molecular weight is 1190 g/mol. The zero-order valence-corrected chi connectivity index (χ0v) is 50.1. The molecule has 3 aliphatic rings. The molecule has 3 rings (SSSR count). The fraction of sp³-hybridized carbons (Fsp3) is 0.708. The Kier molecular flexibility index (Phi) is 41.4. The standard InChI is InChI=1S/C65H107NO18/c1-3-5-7-9-11-13-15-17-19-21-23-24-25-27-29-31-33-35-37-39-41-43-53(71)66-48(49(70)42-40-38-36-34-32-30-28-26-22-20-18-16-14-12-10-8-6-4-2)47-79-63-59(77)56(74)61(51(45-68)81-63)84-65-60(78)57(75)62(52(46-69)82-65)83-64-58(76)55(73)54(72)50(44-67)80-64/h5,7,11,13,17,19,22-24,26-27,29,32-35,40,42,48-52,54-65,67-70,72-78H,3-4,6,8-10,12,14-16,18,20-21,25,28,30-31,36-39,41,43-47H2,1-2H3,(H,66,71)/b7-5-,13-11-,19-17-,24-23-,26-22+,29-27-,34-32+,35-33-,42-40+. The Morgan fingerprint density at radius 2 is 0.833 bits per heavy atom. The molecule has 0 aromatic heterocycles. The molecule has 0 radical (unpaired) electrons. The van der Waals surface area contributed by atoms with Crippen molar-refractivity contribution in [3.63, 3.8) is 0 Å². The third-order valence-corrected chi connectivity index (χ3v) is 14.8. The molecule has 3 heterocycles. The number of aliphatic hydroxyl groups is 11. The van der Waals surface area contributed by atoms with Crippen molar-refractivity contribution in [2.24, 2.45) is 0 Å². The lowest BCUT2D eigenvalue weighted by atomic mass is 9.96. The van der Waals surface area contributed by atoms with Crippen LogP contribution < -0.4 is 5.32 Å². The van der Waals surface area contributed by atoms with Gasteiger partial charge in [0.1, 0.15) is 73.2 Å². The summed E-state index contributed by atoms with van der Waals surface area (Å²) < 4.78 is 34.2. The molecule has 84 heavy (non-hydrogen) atoms. The van der Waals surface area contributed by atoms with Crippen molar-refractivity contribution < 1.29 is 89.4 Å². The molecule has 0 aromatic carbocycles. The van der Waals surface area contributed by atoms with E-state index in [4.69, 9.17) is 28.4 Å². The maximum atomic E-state index is 13.3. The Labute approximate surface area is 500 Å². The molecule has 0 spiro atoms. The second kappa shape index (κ2) is 46.6. The van der Waals surface area contributed by atoms with Crippen molar-refractivity contribution in [3.05, 3.63) is 109 Å². The van der Waals surface area contributed by atoms with Crippen LogP contribution in [0.4, 0.5) is 0 Å². The third-order valence-electron chi connectivity index (χ3n) is 14.8. The van der Waals surface area contributed by atoms with E-state index >= 15 is 0 Å². The highest BCUT2D eigenvalue weighted by Gasteiger charge is 2.53. The van der Waals surface area contributed by atoms with Gasteiger partial charge in [-0.3, -0.25) is 4.79 Å². The van der Waals surface area contributed by atoms with Crippen molar-refractivity contribution in [2.75, 3.05) is 26.4 Å². The number of unbranched alkanes of at least 4 members (excludes halogenated alkanes) is 12. The predicted molar refractivity (Wildman–Crippen MR) is 323 cm³/mol. The molecule has 1 amide bonds. The zero-order chi connectivity index (χ0) is 61.2. The van der Waals surface area contributed by atoms with E-state index in [-0.39, 0.29) is 12.3 Å². The van der Waals surface area contributed by atoms with Gasteiger partial charge in [0.25, 0.3) is 0 Å². The number of nitrogens with one attached hydrogen (secondary N) is 1. The van der Waals surface area contributed by atoms with Crippen LogP contribution >= 0.6 is 0 Å². The number of aliphatic hydroxyl groups excluding tert-OH is 11. The van der Waals surface area contributed by atoms with Crippen LogP contribution in [0.2, 0.25) is 0 Å². The average Bonchev–Trinajstić information content (AvgIpc) is 2.76. The summed E-state index contributed by atoms with van der Waals surface area (Å²) in [5, 5.41) is 120. The molecule has 0 bridgehead atoms. The van der Waals surface area contributed by atoms with Crippen LogP contribution in [0.25, 0.3) is 0 Å². The van der Waals surface area contributed by atoms with Gasteiger partial charge in [-0.15, -0.1) is 0 Å². The summed E-state index contributed by atoms with van der Waals surface area (Å²) in [6.45, 7) is 1.52. The molecular weight excluding hydrogens is 1080 g/mol. The van der Waals surface area contributed by atoms with Crippen molar-refractivity contribution in [1.29, 1.82) is 0 Å². The summed E-state index contributed by atoms with van der Waals surface area (Å²) in [5.41, 5.74) is 0. The summed E-state index contributed by atoms with van der Waals surface area (Å²) >= 11 is 0. The van der Waals surface area contributed by atoms with Crippen molar-refractivity contribution in [1.82, 2.24) is 5.32 Å². The molecule has 3 fully saturated rings. The normalized spacial score (nSPS) is 29.9. The highest BCUT2D eigenvalue weighted by molar-refractivity contribution is 5.76. The molecule has 17 atom stereocenters. The van der Waals surface area contributed by atoms with Gasteiger partial charge < -0.3 is 89.9 Å².